The normalized spacial score (nSPS) is 11.1. The number of methoxy groups -OCH3 is 1. The number of furan rings is 1. The zero-order chi connectivity index (χ0) is 15.1. The standard InChI is InChI=1S/C15H18O6/c1-18-4-5-19-6-7-20-10-11-2-3-13-12(8-11)9-14(21-13)15(16)17/h2-3,8-9H,4-7,10H2,1H3,(H,16,17). The van der Waals surface area contributed by atoms with Crippen LogP contribution in [0.15, 0.2) is 28.7 Å². The van der Waals surface area contributed by atoms with Gasteiger partial charge in [-0.1, -0.05) is 6.07 Å². The number of fused-ring (bicyclic) bond motifs is 1. The molecule has 1 aromatic carbocycles. The minimum absolute atomic E-state index is 0.0605. The molecule has 0 bridgehead atoms. The summed E-state index contributed by atoms with van der Waals surface area (Å²) < 4.78 is 20.8. The Labute approximate surface area is 122 Å². The average molecular weight is 294 g/mol. The number of hydrogen-bond donors (Lipinski definition) is 1. The average Bonchev–Trinajstić information content (AvgIpc) is 2.90. The van der Waals surface area contributed by atoms with Crippen LogP contribution in [-0.4, -0.2) is 44.6 Å². The van der Waals surface area contributed by atoms with Gasteiger partial charge < -0.3 is 23.7 Å². The lowest BCUT2D eigenvalue weighted by atomic mass is 10.2. The summed E-state index contributed by atoms with van der Waals surface area (Å²) in [7, 11) is 1.63. The molecule has 1 aromatic heterocycles. The topological polar surface area (TPSA) is 78.1 Å². The van der Waals surface area contributed by atoms with E-state index >= 15 is 0 Å². The zero-order valence-electron chi connectivity index (χ0n) is 11.8. The second-order valence-electron chi connectivity index (χ2n) is 4.45. The second kappa shape index (κ2) is 7.78. The Balaban J connectivity index is 1.81. The number of benzene rings is 1. The highest BCUT2D eigenvalue weighted by Gasteiger charge is 2.10. The maximum atomic E-state index is 10.8. The molecule has 0 aliphatic carbocycles. The van der Waals surface area contributed by atoms with Gasteiger partial charge in [-0.15, -0.1) is 0 Å². The van der Waals surface area contributed by atoms with Crippen molar-refractivity contribution in [1.82, 2.24) is 0 Å². The van der Waals surface area contributed by atoms with Crippen molar-refractivity contribution in [2.75, 3.05) is 33.5 Å². The maximum Gasteiger partial charge on any atom is 0.371 e. The van der Waals surface area contributed by atoms with E-state index in [1.54, 1.807) is 13.2 Å². The molecule has 0 saturated carbocycles. The van der Waals surface area contributed by atoms with Crippen LogP contribution in [-0.2, 0) is 20.8 Å². The number of rotatable bonds is 9. The summed E-state index contributed by atoms with van der Waals surface area (Å²) in [6.07, 6.45) is 0. The SMILES string of the molecule is COCCOCCOCc1ccc2oc(C(=O)O)cc2c1. The van der Waals surface area contributed by atoms with Crippen molar-refractivity contribution in [3.63, 3.8) is 0 Å². The first kappa shape index (κ1) is 15.5. The zero-order valence-corrected chi connectivity index (χ0v) is 11.8. The Morgan fingerprint density at radius 3 is 2.67 bits per heavy atom. The van der Waals surface area contributed by atoms with E-state index < -0.39 is 5.97 Å². The van der Waals surface area contributed by atoms with Gasteiger partial charge in [0.25, 0.3) is 0 Å². The number of aromatic carboxylic acids is 1. The van der Waals surface area contributed by atoms with Crippen LogP contribution in [0.1, 0.15) is 16.1 Å². The first-order valence-electron chi connectivity index (χ1n) is 6.61. The van der Waals surface area contributed by atoms with Gasteiger partial charge in [-0.2, -0.15) is 0 Å². The van der Waals surface area contributed by atoms with Gasteiger partial charge in [0.15, 0.2) is 0 Å². The van der Waals surface area contributed by atoms with Gasteiger partial charge in [-0.05, 0) is 23.8 Å². The van der Waals surface area contributed by atoms with E-state index in [1.807, 2.05) is 12.1 Å². The van der Waals surface area contributed by atoms with Gasteiger partial charge in [0.1, 0.15) is 5.58 Å². The quantitative estimate of drug-likeness (QED) is 0.715. The summed E-state index contributed by atoms with van der Waals surface area (Å²) >= 11 is 0. The number of carbonyl (C=O) groups is 1. The molecule has 0 atom stereocenters. The van der Waals surface area contributed by atoms with Crippen molar-refractivity contribution >= 4 is 16.9 Å². The minimum Gasteiger partial charge on any atom is -0.475 e. The molecule has 0 radical (unpaired) electrons. The lowest BCUT2D eigenvalue weighted by Gasteiger charge is -2.05. The Bertz CT molecular complexity index is 589. The third kappa shape index (κ3) is 4.56. The van der Waals surface area contributed by atoms with E-state index in [2.05, 4.69) is 0 Å². The highest BCUT2D eigenvalue weighted by atomic mass is 16.5. The Morgan fingerprint density at radius 1 is 1.14 bits per heavy atom. The summed E-state index contributed by atoms with van der Waals surface area (Å²) in [5, 5.41) is 9.63. The molecule has 0 amide bonds. The van der Waals surface area contributed by atoms with Crippen molar-refractivity contribution < 1.29 is 28.5 Å². The van der Waals surface area contributed by atoms with E-state index in [0.717, 1.165) is 10.9 Å². The Hall–Kier alpha value is -1.89. The molecule has 21 heavy (non-hydrogen) atoms. The Morgan fingerprint density at radius 2 is 1.90 bits per heavy atom. The van der Waals surface area contributed by atoms with Crippen LogP contribution >= 0.6 is 0 Å². The van der Waals surface area contributed by atoms with Crippen LogP contribution in [0.25, 0.3) is 11.0 Å². The molecule has 0 saturated heterocycles. The maximum absolute atomic E-state index is 10.8. The van der Waals surface area contributed by atoms with Crippen molar-refractivity contribution in [2.24, 2.45) is 0 Å². The molecule has 1 heterocycles. The highest BCUT2D eigenvalue weighted by Crippen LogP contribution is 2.21. The number of carboxylic acid groups (broad SMARTS) is 1. The monoisotopic (exact) mass is 294 g/mol. The molecule has 1 N–H and O–H groups in total. The molecule has 2 rings (SSSR count). The van der Waals surface area contributed by atoms with Gasteiger partial charge in [-0.3, -0.25) is 0 Å². The van der Waals surface area contributed by atoms with Gasteiger partial charge >= 0.3 is 5.97 Å². The van der Waals surface area contributed by atoms with Gasteiger partial charge in [0, 0.05) is 12.5 Å². The smallest absolute Gasteiger partial charge is 0.371 e. The molecule has 0 unspecified atom stereocenters. The molecule has 0 aliphatic heterocycles. The van der Waals surface area contributed by atoms with Crippen LogP contribution in [0.4, 0.5) is 0 Å². The highest BCUT2D eigenvalue weighted by molar-refractivity contribution is 5.91. The summed E-state index contributed by atoms with van der Waals surface area (Å²) in [6, 6.07) is 6.96. The summed E-state index contributed by atoms with van der Waals surface area (Å²) in [5.74, 6) is -1.13. The number of carboxylic acids is 1. The lowest BCUT2D eigenvalue weighted by molar-refractivity contribution is 0.0200. The van der Waals surface area contributed by atoms with Crippen LogP contribution in [0, 0.1) is 0 Å². The fraction of sp³-hybridized carbons (Fsp3) is 0.400. The lowest BCUT2D eigenvalue weighted by Crippen LogP contribution is -2.08. The van der Waals surface area contributed by atoms with E-state index in [4.69, 9.17) is 23.7 Å². The number of hydrogen-bond acceptors (Lipinski definition) is 5. The van der Waals surface area contributed by atoms with Crippen molar-refractivity contribution in [3.05, 3.63) is 35.6 Å². The van der Waals surface area contributed by atoms with Crippen LogP contribution in [0.5, 0.6) is 0 Å². The largest absolute Gasteiger partial charge is 0.475 e. The van der Waals surface area contributed by atoms with Crippen LogP contribution in [0.3, 0.4) is 0 Å². The molecular formula is C15H18O6. The van der Waals surface area contributed by atoms with Crippen molar-refractivity contribution in [1.29, 1.82) is 0 Å². The van der Waals surface area contributed by atoms with E-state index in [1.165, 1.54) is 6.07 Å². The van der Waals surface area contributed by atoms with E-state index in [-0.39, 0.29) is 5.76 Å². The fourth-order valence-corrected chi connectivity index (χ4v) is 1.84. The summed E-state index contributed by atoms with van der Waals surface area (Å²) in [4.78, 5) is 10.8. The van der Waals surface area contributed by atoms with Crippen LogP contribution in [0.2, 0.25) is 0 Å². The molecular weight excluding hydrogens is 276 g/mol. The molecule has 0 aliphatic rings. The first-order valence-corrected chi connectivity index (χ1v) is 6.61. The van der Waals surface area contributed by atoms with E-state index in [9.17, 15) is 4.79 Å². The van der Waals surface area contributed by atoms with Crippen molar-refractivity contribution in [3.8, 4) is 0 Å². The van der Waals surface area contributed by atoms with E-state index in [0.29, 0.717) is 38.6 Å². The van der Waals surface area contributed by atoms with Gasteiger partial charge in [-0.25, -0.2) is 4.79 Å². The summed E-state index contributed by atoms with van der Waals surface area (Å²) in [6.45, 7) is 2.58. The predicted octanol–water partition coefficient (Wildman–Crippen LogP) is 2.31. The molecule has 2 aromatic rings. The Kier molecular flexibility index (Phi) is 5.74. The molecule has 6 heteroatoms. The number of ether oxygens (including phenoxy) is 3. The molecule has 0 spiro atoms. The second-order valence-corrected chi connectivity index (χ2v) is 4.45. The third-order valence-electron chi connectivity index (χ3n) is 2.86. The fourth-order valence-electron chi connectivity index (χ4n) is 1.84. The molecule has 0 fully saturated rings. The first-order chi connectivity index (χ1) is 10.2. The summed E-state index contributed by atoms with van der Waals surface area (Å²) in [5.41, 5.74) is 1.51. The van der Waals surface area contributed by atoms with Crippen molar-refractivity contribution in [2.45, 2.75) is 6.61 Å². The molecule has 114 valence electrons. The third-order valence-corrected chi connectivity index (χ3v) is 2.86. The van der Waals surface area contributed by atoms with Gasteiger partial charge in [0.05, 0.1) is 33.0 Å². The minimum atomic E-state index is -1.07. The predicted molar refractivity (Wildman–Crippen MR) is 75.5 cm³/mol. The van der Waals surface area contributed by atoms with Crippen LogP contribution < -0.4 is 0 Å². The molecule has 6 nitrogen and oxygen atoms in total. The van der Waals surface area contributed by atoms with Gasteiger partial charge in [0.2, 0.25) is 5.76 Å².